The summed E-state index contributed by atoms with van der Waals surface area (Å²) < 4.78 is 30.6. The maximum atomic E-state index is 13.3. The maximum absolute atomic E-state index is 13.3. The molecule has 2 rings (SSSR count). The second-order valence-corrected chi connectivity index (χ2v) is 2.96. The van der Waals surface area contributed by atoms with Crippen LogP contribution < -0.4 is 0 Å². The molecule has 6 heteroatoms. The van der Waals surface area contributed by atoms with Gasteiger partial charge in [0.05, 0.1) is 11.8 Å². The van der Waals surface area contributed by atoms with Crippen LogP contribution in [0.2, 0.25) is 0 Å². The number of carboxylic acid groups (broad SMARTS) is 1. The van der Waals surface area contributed by atoms with Crippen molar-refractivity contribution in [2.45, 2.75) is 0 Å². The Kier molecular flexibility index (Phi) is 2.40. The summed E-state index contributed by atoms with van der Waals surface area (Å²) in [6.07, 6.45) is 0.959. The van der Waals surface area contributed by atoms with Crippen LogP contribution in [0.25, 0.3) is 11.5 Å². The van der Waals surface area contributed by atoms with Gasteiger partial charge in [0.2, 0.25) is 11.7 Å². The van der Waals surface area contributed by atoms with E-state index < -0.39 is 23.4 Å². The molecule has 1 aromatic carbocycles. The smallest absolute Gasteiger partial charge is 0.373 e. The van der Waals surface area contributed by atoms with E-state index in [1.165, 1.54) is 0 Å². The van der Waals surface area contributed by atoms with Crippen LogP contribution in [0, 0.1) is 11.6 Å². The van der Waals surface area contributed by atoms with Gasteiger partial charge >= 0.3 is 5.97 Å². The van der Waals surface area contributed by atoms with Crippen LogP contribution in [0.15, 0.2) is 28.8 Å². The molecule has 0 unspecified atom stereocenters. The first-order valence-electron chi connectivity index (χ1n) is 4.22. The Hall–Kier alpha value is -2.24. The summed E-state index contributed by atoms with van der Waals surface area (Å²) in [5.74, 6) is -3.50. The Morgan fingerprint density at radius 1 is 1.38 bits per heavy atom. The highest BCUT2D eigenvalue weighted by atomic mass is 19.1. The lowest BCUT2D eigenvalue weighted by molar-refractivity contribution is 0.0663. The SMILES string of the molecule is O=C(O)c1cnc(-c2ccc(F)cc2F)o1. The quantitative estimate of drug-likeness (QED) is 0.851. The monoisotopic (exact) mass is 225 g/mol. The second-order valence-electron chi connectivity index (χ2n) is 2.96. The van der Waals surface area contributed by atoms with E-state index in [4.69, 9.17) is 9.52 Å². The standard InChI is InChI=1S/C10H5F2NO3/c11-5-1-2-6(7(12)3-5)9-13-4-8(16-9)10(14)15/h1-4H,(H,14,15). The van der Waals surface area contributed by atoms with E-state index in [1.807, 2.05) is 0 Å². The van der Waals surface area contributed by atoms with Gasteiger partial charge in [-0.15, -0.1) is 0 Å². The second kappa shape index (κ2) is 3.73. The molecule has 0 saturated heterocycles. The first-order valence-corrected chi connectivity index (χ1v) is 4.22. The highest BCUT2D eigenvalue weighted by Gasteiger charge is 2.15. The van der Waals surface area contributed by atoms with Gasteiger partial charge in [-0.05, 0) is 12.1 Å². The Morgan fingerprint density at radius 3 is 2.69 bits per heavy atom. The third kappa shape index (κ3) is 1.77. The highest BCUT2D eigenvalue weighted by molar-refractivity contribution is 5.84. The molecule has 1 aromatic heterocycles. The average Bonchev–Trinajstić information content (AvgIpc) is 2.66. The number of halogens is 2. The van der Waals surface area contributed by atoms with Gasteiger partial charge in [-0.2, -0.15) is 0 Å². The molecule has 0 radical (unpaired) electrons. The van der Waals surface area contributed by atoms with Crippen molar-refractivity contribution < 1.29 is 23.1 Å². The minimum atomic E-state index is -1.30. The number of hydrogen-bond donors (Lipinski definition) is 1. The number of carboxylic acids is 1. The zero-order valence-electron chi connectivity index (χ0n) is 7.78. The lowest BCUT2D eigenvalue weighted by Crippen LogP contribution is -1.91. The van der Waals surface area contributed by atoms with Crippen LogP contribution in [0.4, 0.5) is 8.78 Å². The fourth-order valence-corrected chi connectivity index (χ4v) is 1.16. The summed E-state index contributed by atoms with van der Waals surface area (Å²) in [5, 5.41) is 8.57. The normalized spacial score (nSPS) is 10.4. The van der Waals surface area contributed by atoms with Crippen LogP contribution in [0.3, 0.4) is 0 Å². The van der Waals surface area contributed by atoms with Crippen LogP contribution >= 0.6 is 0 Å². The molecular weight excluding hydrogens is 220 g/mol. The molecule has 0 aliphatic carbocycles. The summed E-state index contributed by atoms with van der Waals surface area (Å²) in [6, 6.07) is 2.82. The summed E-state index contributed by atoms with van der Waals surface area (Å²) in [4.78, 5) is 14.1. The third-order valence-corrected chi connectivity index (χ3v) is 1.88. The van der Waals surface area contributed by atoms with Crippen molar-refractivity contribution in [3.63, 3.8) is 0 Å². The van der Waals surface area contributed by atoms with Crippen LogP contribution in [-0.4, -0.2) is 16.1 Å². The van der Waals surface area contributed by atoms with E-state index in [9.17, 15) is 13.6 Å². The molecule has 82 valence electrons. The van der Waals surface area contributed by atoms with Gasteiger partial charge in [0, 0.05) is 6.07 Å². The molecule has 0 fully saturated rings. The maximum Gasteiger partial charge on any atom is 0.373 e. The fraction of sp³-hybridized carbons (Fsp3) is 0. The Labute approximate surface area is 88.2 Å². The van der Waals surface area contributed by atoms with Crippen LogP contribution in [-0.2, 0) is 0 Å². The average molecular weight is 225 g/mol. The van der Waals surface area contributed by atoms with E-state index in [0.29, 0.717) is 6.07 Å². The molecule has 0 spiro atoms. The predicted molar refractivity (Wildman–Crippen MR) is 48.8 cm³/mol. The van der Waals surface area contributed by atoms with Crippen molar-refractivity contribution in [1.82, 2.24) is 4.98 Å². The zero-order chi connectivity index (χ0) is 11.7. The largest absolute Gasteiger partial charge is 0.475 e. The van der Waals surface area contributed by atoms with E-state index in [0.717, 1.165) is 18.3 Å². The van der Waals surface area contributed by atoms with Gasteiger partial charge in [0.1, 0.15) is 11.6 Å². The topological polar surface area (TPSA) is 63.3 Å². The Bertz CT molecular complexity index is 551. The minimum absolute atomic E-state index is 0.0890. The van der Waals surface area contributed by atoms with Gasteiger partial charge in [-0.3, -0.25) is 0 Å². The molecule has 16 heavy (non-hydrogen) atoms. The predicted octanol–water partition coefficient (Wildman–Crippen LogP) is 2.32. The number of aromatic carboxylic acids is 1. The van der Waals surface area contributed by atoms with E-state index in [1.54, 1.807) is 0 Å². The van der Waals surface area contributed by atoms with Crippen LogP contribution in [0.1, 0.15) is 10.6 Å². The molecule has 0 amide bonds. The Morgan fingerprint density at radius 2 is 2.12 bits per heavy atom. The first kappa shape index (κ1) is 10.3. The van der Waals surface area contributed by atoms with Crippen molar-refractivity contribution in [2.24, 2.45) is 0 Å². The molecule has 0 saturated carbocycles. The van der Waals surface area contributed by atoms with E-state index in [-0.39, 0.29) is 11.5 Å². The van der Waals surface area contributed by atoms with Gasteiger partial charge in [0.25, 0.3) is 0 Å². The summed E-state index contributed by atoms with van der Waals surface area (Å²) in [5.41, 5.74) is -0.0890. The van der Waals surface area contributed by atoms with Gasteiger partial charge in [0.15, 0.2) is 0 Å². The minimum Gasteiger partial charge on any atom is -0.475 e. The number of carbonyl (C=O) groups is 1. The molecule has 0 atom stereocenters. The third-order valence-electron chi connectivity index (χ3n) is 1.88. The lowest BCUT2D eigenvalue weighted by atomic mass is 10.2. The summed E-state index contributed by atoms with van der Waals surface area (Å²) in [7, 11) is 0. The van der Waals surface area contributed by atoms with Gasteiger partial charge in [-0.25, -0.2) is 18.6 Å². The fourth-order valence-electron chi connectivity index (χ4n) is 1.16. The number of rotatable bonds is 2. The molecule has 0 aliphatic heterocycles. The highest BCUT2D eigenvalue weighted by Crippen LogP contribution is 2.22. The molecule has 1 N–H and O–H groups in total. The molecule has 2 aromatic rings. The molecule has 0 aliphatic rings. The molecular formula is C10H5F2NO3. The summed E-state index contributed by atoms with van der Waals surface area (Å²) in [6.45, 7) is 0. The zero-order valence-corrected chi connectivity index (χ0v) is 7.78. The molecule has 0 bridgehead atoms. The number of benzene rings is 1. The number of aromatic nitrogens is 1. The van der Waals surface area contributed by atoms with Crippen molar-refractivity contribution in [1.29, 1.82) is 0 Å². The van der Waals surface area contributed by atoms with Gasteiger partial charge in [-0.1, -0.05) is 0 Å². The van der Waals surface area contributed by atoms with E-state index in [2.05, 4.69) is 4.98 Å². The summed E-state index contributed by atoms with van der Waals surface area (Å²) >= 11 is 0. The molecule has 4 nitrogen and oxygen atoms in total. The number of oxazole rings is 1. The number of nitrogens with zero attached hydrogens (tertiary/aromatic N) is 1. The van der Waals surface area contributed by atoms with Crippen molar-refractivity contribution in [2.75, 3.05) is 0 Å². The van der Waals surface area contributed by atoms with Crippen molar-refractivity contribution >= 4 is 5.97 Å². The first-order chi connectivity index (χ1) is 7.58. The van der Waals surface area contributed by atoms with Crippen molar-refractivity contribution in [3.8, 4) is 11.5 Å². The molecule has 1 heterocycles. The Balaban J connectivity index is 2.46. The van der Waals surface area contributed by atoms with Gasteiger partial charge < -0.3 is 9.52 Å². The lowest BCUT2D eigenvalue weighted by Gasteiger charge is -1.97. The van der Waals surface area contributed by atoms with Crippen LogP contribution in [0.5, 0.6) is 0 Å². The van der Waals surface area contributed by atoms with Crippen molar-refractivity contribution in [3.05, 3.63) is 41.8 Å². The number of hydrogen-bond acceptors (Lipinski definition) is 3. The van der Waals surface area contributed by atoms with E-state index >= 15 is 0 Å².